The molecule has 4 rings (SSSR count). The molecule has 1 aliphatic carbocycles. The van der Waals surface area contributed by atoms with E-state index in [4.69, 9.17) is 19.3 Å². The van der Waals surface area contributed by atoms with Crippen LogP contribution in [0.1, 0.15) is 73.5 Å². The highest BCUT2D eigenvalue weighted by atomic mass is 28.4. The maximum atomic E-state index is 7.17. The Bertz CT molecular complexity index is 1070. The third-order valence-corrected chi connectivity index (χ3v) is 18.2. The number of pyridine rings is 1. The molecule has 1 spiro atoms. The highest BCUT2D eigenvalue weighted by molar-refractivity contribution is 6.74. The molecule has 1 saturated heterocycles. The molecule has 2 N–H and O–H groups in total. The summed E-state index contributed by atoms with van der Waals surface area (Å²) in [5, 5.41) is 0.241. The van der Waals surface area contributed by atoms with E-state index >= 15 is 0 Å². The third kappa shape index (κ3) is 4.63. The molecule has 2 aliphatic rings. The monoisotopic (exact) mass is 518 g/mol. The topological polar surface area (TPSA) is 84.4 Å². The average molecular weight is 519 g/mol. The molecule has 1 aliphatic heterocycles. The molecule has 1 saturated carbocycles. The van der Waals surface area contributed by atoms with Gasteiger partial charge in [0.15, 0.2) is 22.3 Å². The Balaban J connectivity index is 1.74. The molecule has 0 amide bonds. The zero-order valence-electron chi connectivity index (χ0n) is 23.4. The van der Waals surface area contributed by atoms with Crippen molar-refractivity contribution < 1.29 is 13.6 Å². The summed E-state index contributed by atoms with van der Waals surface area (Å²) in [5.74, 6) is 0. The fourth-order valence-corrected chi connectivity index (χ4v) is 7.68. The van der Waals surface area contributed by atoms with Gasteiger partial charge in [-0.05, 0) is 61.6 Å². The zero-order valence-corrected chi connectivity index (χ0v) is 25.4. The van der Waals surface area contributed by atoms with Crippen LogP contribution in [0.15, 0.2) is 18.6 Å². The quantitative estimate of drug-likeness (QED) is 0.447. The SMILES string of the molecule is CC(C)(C)[Si](C)(C)O[C@@H]1CCC[C@@]12O[C@H](n1cnc3c(N)ccnc31)C[C@H]2O[Si](C)(C)C(C)(C)C. The number of nitrogen functional groups attached to an aromatic ring is 1. The molecular weight excluding hydrogens is 472 g/mol. The first-order valence-corrected chi connectivity index (χ1v) is 18.9. The van der Waals surface area contributed by atoms with E-state index in [9.17, 15) is 0 Å². The Morgan fingerprint density at radius 3 is 2.20 bits per heavy atom. The summed E-state index contributed by atoms with van der Waals surface area (Å²) < 4.78 is 23.4. The van der Waals surface area contributed by atoms with E-state index < -0.39 is 22.2 Å². The summed E-state index contributed by atoms with van der Waals surface area (Å²) >= 11 is 0. The lowest BCUT2D eigenvalue weighted by atomic mass is 9.93. The van der Waals surface area contributed by atoms with Crippen molar-refractivity contribution in [3.63, 3.8) is 0 Å². The molecule has 0 bridgehead atoms. The lowest BCUT2D eigenvalue weighted by Crippen LogP contribution is -2.57. The van der Waals surface area contributed by atoms with Crippen LogP contribution in [0.3, 0.4) is 0 Å². The maximum absolute atomic E-state index is 7.17. The van der Waals surface area contributed by atoms with Gasteiger partial charge in [-0.25, -0.2) is 9.97 Å². The lowest BCUT2D eigenvalue weighted by Gasteiger charge is -2.46. The second-order valence-corrected chi connectivity index (χ2v) is 23.1. The van der Waals surface area contributed by atoms with Gasteiger partial charge in [-0.15, -0.1) is 0 Å². The predicted molar refractivity (Wildman–Crippen MR) is 147 cm³/mol. The Morgan fingerprint density at radius 1 is 1.00 bits per heavy atom. The first-order chi connectivity index (χ1) is 16.0. The van der Waals surface area contributed by atoms with Crippen LogP contribution in [0.25, 0.3) is 11.2 Å². The van der Waals surface area contributed by atoms with Gasteiger partial charge in [0.05, 0.1) is 24.2 Å². The van der Waals surface area contributed by atoms with Crippen molar-refractivity contribution in [2.75, 3.05) is 5.73 Å². The third-order valence-electron chi connectivity index (χ3n) is 9.18. The molecule has 2 fully saturated rings. The van der Waals surface area contributed by atoms with Crippen LogP contribution in [0, 0.1) is 0 Å². The van der Waals surface area contributed by atoms with E-state index in [0.717, 1.165) is 36.8 Å². The van der Waals surface area contributed by atoms with Gasteiger partial charge in [-0.1, -0.05) is 41.5 Å². The van der Waals surface area contributed by atoms with Gasteiger partial charge in [-0.3, -0.25) is 4.57 Å². The molecular formula is C26H46N4O3Si2. The van der Waals surface area contributed by atoms with Crippen molar-refractivity contribution in [3.8, 4) is 0 Å². The van der Waals surface area contributed by atoms with Crippen LogP contribution < -0.4 is 5.73 Å². The second kappa shape index (κ2) is 8.65. The molecule has 9 heteroatoms. The predicted octanol–water partition coefficient (Wildman–Crippen LogP) is 6.64. The van der Waals surface area contributed by atoms with Gasteiger partial charge < -0.3 is 19.3 Å². The fourth-order valence-electron chi connectivity index (χ4n) is 4.94. The number of nitrogens with two attached hydrogens (primary N) is 1. The number of fused-ring (bicyclic) bond motifs is 1. The minimum absolute atomic E-state index is 0.0241. The fraction of sp³-hybridized carbons (Fsp3) is 0.769. The van der Waals surface area contributed by atoms with Crippen LogP contribution in [-0.2, 0) is 13.6 Å². The van der Waals surface area contributed by atoms with Gasteiger partial charge in [0.2, 0.25) is 0 Å². The number of rotatable bonds is 5. The van der Waals surface area contributed by atoms with E-state index in [1.165, 1.54) is 0 Å². The van der Waals surface area contributed by atoms with Crippen LogP contribution >= 0.6 is 0 Å². The number of aromatic nitrogens is 3. The number of hydrogen-bond donors (Lipinski definition) is 1. The zero-order chi connectivity index (χ0) is 26.0. The summed E-state index contributed by atoms with van der Waals surface area (Å²) in [6.07, 6.45) is 7.12. The molecule has 0 radical (unpaired) electrons. The summed E-state index contributed by atoms with van der Waals surface area (Å²) in [6, 6.07) is 1.79. The average Bonchev–Trinajstić information content (AvgIpc) is 3.39. The Kier molecular flexibility index (Phi) is 6.62. The Morgan fingerprint density at radius 2 is 1.60 bits per heavy atom. The van der Waals surface area contributed by atoms with Crippen molar-refractivity contribution >= 4 is 33.5 Å². The number of imidazole rings is 1. The van der Waals surface area contributed by atoms with E-state index in [1.807, 2.05) is 10.9 Å². The van der Waals surface area contributed by atoms with Gasteiger partial charge in [0.25, 0.3) is 0 Å². The Hall–Kier alpha value is -1.27. The van der Waals surface area contributed by atoms with Gasteiger partial charge >= 0.3 is 0 Å². The first kappa shape index (κ1) is 26.8. The summed E-state index contributed by atoms with van der Waals surface area (Å²) in [5.41, 5.74) is 7.84. The molecule has 3 heterocycles. The molecule has 196 valence electrons. The van der Waals surface area contributed by atoms with E-state index in [1.54, 1.807) is 12.3 Å². The molecule has 0 unspecified atom stereocenters. The van der Waals surface area contributed by atoms with E-state index in [-0.39, 0.29) is 28.5 Å². The summed E-state index contributed by atoms with van der Waals surface area (Å²) in [6.45, 7) is 23.2. The lowest BCUT2D eigenvalue weighted by molar-refractivity contribution is -0.141. The molecule has 0 aromatic carbocycles. The highest BCUT2D eigenvalue weighted by Crippen LogP contribution is 2.53. The van der Waals surface area contributed by atoms with E-state index in [0.29, 0.717) is 5.69 Å². The highest BCUT2D eigenvalue weighted by Gasteiger charge is 2.61. The van der Waals surface area contributed by atoms with Crippen molar-refractivity contribution in [3.05, 3.63) is 18.6 Å². The van der Waals surface area contributed by atoms with Gasteiger partial charge in [-0.2, -0.15) is 0 Å². The van der Waals surface area contributed by atoms with E-state index in [2.05, 4.69) is 77.7 Å². The summed E-state index contributed by atoms with van der Waals surface area (Å²) in [4.78, 5) is 9.16. The molecule has 35 heavy (non-hydrogen) atoms. The number of ether oxygens (including phenoxy) is 1. The first-order valence-electron chi connectivity index (χ1n) is 13.1. The Labute approximate surface area is 213 Å². The van der Waals surface area contributed by atoms with Crippen LogP contribution in [0.5, 0.6) is 0 Å². The largest absolute Gasteiger partial charge is 0.411 e. The van der Waals surface area contributed by atoms with Crippen LogP contribution in [0.4, 0.5) is 5.69 Å². The van der Waals surface area contributed by atoms with Crippen molar-refractivity contribution in [2.24, 2.45) is 0 Å². The summed E-state index contributed by atoms with van der Waals surface area (Å²) in [7, 11) is -4.05. The second-order valence-electron chi connectivity index (χ2n) is 13.6. The molecule has 7 nitrogen and oxygen atoms in total. The molecule has 2 aromatic heterocycles. The smallest absolute Gasteiger partial charge is 0.192 e. The van der Waals surface area contributed by atoms with Crippen LogP contribution in [-0.4, -0.2) is 49.0 Å². The number of anilines is 1. The molecule has 2 aromatic rings. The van der Waals surface area contributed by atoms with Crippen molar-refractivity contribution in [1.29, 1.82) is 0 Å². The van der Waals surface area contributed by atoms with Gasteiger partial charge in [0.1, 0.15) is 17.3 Å². The number of nitrogens with zero attached hydrogens (tertiary/aromatic N) is 3. The normalized spacial score (nSPS) is 28.5. The van der Waals surface area contributed by atoms with Gasteiger partial charge in [0, 0.05) is 12.6 Å². The maximum Gasteiger partial charge on any atom is 0.192 e. The van der Waals surface area contributed by atoms with Crippen molar-refractivity contribution in [1.82, 2.24) is 14.5 Å². The van der Waals surface area contributed by atoms with Crippen LogP contribution in [0.2, 0.25) is 36.3 Å². The number of hydrogen-bond acceptors (Lipinski definition) is 6. The minimum atomic E-state index is -2.05. The standard InChI is InChI=1S/C26H46N4O3Si2/c1-24(2,3)34(7,8)32-19-12-11-14-26(19)20(33-35(9,10)25(4,5)6)16-21(31-26)30-17-29-22-18(27)13-15-28-23(22)30/h13,15,17,19-21H,11-12,14,16H2,1-10H3,(H2,27,28)/t19-,20-,21+,26-/m1/s1. The van der Waals surface area contributed by atoms with Crippen molar-refractivity contribution in [2.45, 2.75) is 128 Å². The minimum Gasteiger partial charge on any atom is -0.411 e. The molecule has 4 atom stereocenters.